The van der Waals surface area contributed by atoms with Crippen molar-refractivity contribution < 1.29 is 9.90 Å². The van der Waals surface area contributed by atoms with E-state index < -0.39 is 5.97 Å². The molecule has 0 amide bonds. The average molecular weight is 236 g/mol. The van der Waals surface area contributed by atoms with Crippen LogP contribution in [0, 0.1) is 11.3 Å². The lowest BCUT2D eigenvalue weighted by Gasteiger charge is -2.27. The Hall–Kier alpha value is -2.27. The average Bonchev–Trinajstić information content (AvgIpc) is 2.48. The number of hydrogen-bond donors (Lipinski definition) is 4. The second-order valence-corrected chi connectivity index (χ2v) is 3.77. The fraction of sp³-hybridized carbons (Fsp3) is 0.444. The highest BCUT2D eigenvalue weighted by molar-refractivity contribution is 5.70. The van der Waals surface area contributed by atoms with E-state index in [-0.39, 0.29) is 24.0 Å². The van der Waals surface area contributed by atoms with Crippen LogP contribution in [0.15, 0.2) is 0 Å². The summed E-state index contributed by atoms with van der Waals surface area (Å²) in [4.78, 5) is 10.6. The Morgan fingerprint density at radius 2 is 2.47 bits per heavy atom. The van der Waals surface area contributed by atoms with Crippen molar-refractivity contribution in [1.29, 1.82) is 5.26 Å². The molecule has 0 unspecified atom stereocenters. The topological polar surface area (TPSA) is 129 Å². The van der Waals surface area contributed by atoms with Gasteiger partial charge < -0.3 is 21.5 Å². The molecule has 8 nitrogen and oxygen atoms in total. The van der Waals surface area contributed by atoms with Gasteiger partial charge in [-0.15, -0.1) is 0 Å². The summed E-state index contributed by atoms with van der Waals surface area (Å²) in [6, 6.07) is 2.13. The Morgan fingerprint density at radius 1 is 1.76 bits per heavy atom. The fourth-order valence-electron chi connectivity index (χ4n) is 1.52. The van der Waals surface area contributed by atoms with Gasteiger partial charge in [-0.2, -0.15) is 10.4 Å². The second-order valence-electron chi connectivity index (χ2n) is 3.77. The number of aromatic nitrogens is 2. The van der Waals surface area contributed by atoms with Gasteiger partial charge in [-0.3, -0.25) is 4.79 Å². The van der Waals surface area contributed by atoms with E-state index in [1.165, 1.54) is 0 Å². The normalized spacial score (nSPS) is 15.0. The highest BCUT2D eigenvalue weighted by atomic mass is 16.4. The summed E-state index contributed by atoms with van der Waals surface area (Å²) in [6.45, 7) is 1.22. The van der Waals surface area contributed by atoms with Crippen molar-refractivity contribution in [2.24, 2.45) is 0 Å². The van der Waals surface area contributed by atoms with Gasteiger partial charge in [0, 0.05) is 13.1 Å². The number of nitrogens with one attached hydrogen (secondary N) is 2. The maximum atomic E-state index is 10.6. The van der Waals surface area contributed by atoms with Crippen molar-refractivity contribution in [1.82, 2.24) is 15.1 Å². The van der Waals surface area contributed by atoms with Crippen molar-refractivity contribution in [3.05, 3.63) is 5.56 Å². The summed E-state index contributed by atoms with van der Waals surface area (Å²) in [5, 5.41) is 27.7. The molecule has 17 heavy (non-hydrogen) atoms. The summed E-state index contributed by atoms with van der Waals surface area (Å²) in [5.74, 6) is -0.636. The Morgan fingerprint density at radius 3 is 2.94 bits per heavy atom. The van der Waals surface area contributed by atoms with E-state index in [4.69, 9.17) is 16.1 Å². The SMILES string of the molecule is N#Cc1c(NC2CNC2)nn(CC(=O)O)c1N. The summed E-state index contributed by atoms with van der Waals surface area (Å²) >= 11 is 0. The maximum Gasteiger partial charge on any atom is 0.325 e. The molecule has 1 aromatic rings. The molecule has 90 valence electrons. The van der Waals surface area contributed by atoms with Gasteiger partial charge in [-0.25, -0.2) is 4.68 Å². The van der Waals surface area contributed by atoms with Crippen LogP contribution in [0.1, 0.15) is 5.56 Å². The Bertz CT molecular complexity index is 484. The van der Waals surface area contributed by atoms with Crippen LogP contribution in [0.3, 0.4) is 0 Å². The summed E-state index contributed by atoms with van der Waals surface area (Å²) in [6.07, 6.45) is 0. The molecule has 5 N–H and O–H groups in total. The number of nitrogens with zero attached hydrogens (tertiary/aromatic N) is 3. The summed E-state index contributed by atoms with van der Waals surface area (Å²) in [5.41, 5.74) is 5.85. The van der Waals surface area contributed by atoms with Gasteiger partial charge in [0.05, 0.1) is 6.04 Å². The minimum Gasteiger partial charge on any atom is -0.480 e. The zero-order valence-electron chi connectivity index (χ0n) is 8.97. The van der Waals surface area contributed by atoms with Crippen molar-refractivity contribution >= 4 is 17.6 Å². The van der Waals surface area contributed by atoms with E-state index in [0.717, 1.165) is 17.8 Å². The van der Waals surface area contributed by atoms with Gasteiger partial charge >= 0.3 is 5.97 Å². The number of rotatable bonds is 4. The molecule has 0 radical (unpaired) electrons. The molecule has 1 aliphatic rings. The molecule has 0 saturated carbocycles. The number of carboxylic acid groups (broad SMARTS) is 1. The van der Waals surface area contributed by atoms with Crippen molar-refractivity contribution in [3.8, 4) is 6.07 Å². The number of nitriles is 1. The lowest BCUT2D eigenvalue weighted by molar-refractivity contribution is -0.137. The number of nitrogen functional groups attached to an aromatic ring is 1. The lowest BCUT2D eigenvalue weighted by atomic mass is 10.2. The number of anilines is 2. The third-order valence-corrected chi connectivity index (χ3v) is 2.51. The smallest absolute Gasteiger partial charge is 0.325 e. The van der Waals surface area contributed by atoms with E-state index in [9.17, 15) is 4.79 Å². The largest absolute Gasteiger partial charge is 0.480 e. The van der Waals surface area contributed by atoms with Crippen LogP contribution >= 0.6 is 0 Å². The van der Waals surface area contributed by atoms with Crippen molar-refractivity contribution in [2.75, 3.05) is 24.1 Å². The number of hydrogen-bond acceptors (Lipinski definition) is 6. The fourth-order valence-corrected chi connectivity index (χ4v) is 1.52. The zero-order chi connectivity index (χ0) is 12.4. The lowest BCUT2D eigenvalue weighted by Crippen LogP contribution is -2.51. The molecule has 1 saturated heterocycles. The Kier molecular flexibility index (Phi) is 2.84. The summed E-state index contributed by atoms with van der Waals surface area (Å²) in [7, 11) is 0. The van der Waals surface area contributed by atoms with Crippen LogP contribution in [-0.2, 0) is 11.3 Å². The highest BCUT2D eigenvalue weighted by Gasteiger charge is 2.22. The number of aliphatic carboxylic acids is 1. The molecule has 0 aliphatic carbocycles. The Labute approximate surface area is 97.0 Å². The van der Waals surface area contributed by atoms with E-state index in [0.29, 0.717) is 5.82 Å². The van der Waals surface area contributed by atoms with Crippen LogP contribution in [-0.4, -0.2) is 40.0 Å². The van der Waals surface area contributed by atoms with Crippen molar-refractivity contribution in [2.45, 2.75) is 12.6 Å². The van der Waals surface area contributed by atoms with E-state index in [2.05, 4.69) is 15.7 Å². The predicted octanol–water partition coefficient (Wildman–Crippen LogP) is -1.19. The quantitative estimate of drug-likeness (QED) is 0.517. The molecule has 2 rings (SSSR count). The van der Waals surface area contributed by atoms with Crippen LogP contribution in [0.4, 0.5) is 11.6 Å². The van der Waals surface area contributed by atoms with Crippen LogP contribution < -0.4 is 16.4 Å². The summed E-state index contributed by atoms with van der Waals surface area (Å²) < 4.78 is 1.11. The molecule has 1 fully saturated rings. The minimum atomic E-state index is -1.06. The Balaban J connectivity index is 2.24. The molecule has 1 aromatic heterocycles. The maximum absolute atomic E-state index is 10.6. The first-order valence-corrected chi connectivity index (χ1v) is 5.07. The van der Waals surface area contributed by atoms with Gasteiger partial charge in [-0.1, -0.05) is 0 Å². The number of carboxylic acids is 1. The molecule has 0 bridgehead atoms. The number of carbonyl (C=O) groups is 1. The van der Waals surface area contributed by atoms with Crippen LogP contribution in [0.25, 0.3) is 0 Å². The molecular formula is C9H12N6O2. The van der Waals surface area contributed by atoms with E-state index in [1.807, 2.05) is 6.07 Å². The standard InChI is InChI=1S/C9H12N6O2/c10-1-6-8(11)15(4-7(16)17)14-9(6)13-5-2-12-3-5/h5,12H,2-4,11H2,(H,13,14)(H,16,17). The minimum absolute atomic E-state index is 0.0738. The van der Waals surface area contributed by atoms with Gasteiger partial charge in [0.2, 0.25) is 0 Å². The van der Waals surface area contributed by atoms with E-state index in [1.54, 1.807) is 0 Å². The highest BCUT2D eigenvalue weighted by Crippen LogP contribution is 2.21. The molecule has 0 atom stereocenters. The first kappa shape index (κ1) is 11.2. The zero-order valence-corrected chi connectivity index (χ0v) is 8.97. The van der Waals surface area contributed by atoms with Gasteiger partial charge in [0.1, 0.15) is 24.0 Å². The molecule has 2 heterocycles. The predicted molar refractivity (Wildman–Crippen MR) is 59.3 cm³/mol. The van der Waals surface area contributed by atoms with Crippen molar-refractivity contribution in [3.63, 3.8) is 0 Å². The second kappa shape index (κ2) is 4.31. The third kappa shape index (κ3) is 2.14. The number of nitrogens with two attached hydrogens (primary N) is 1. The van der Waals surface area contributed by atoms with Crippen LogP contribution in [0.2, 0.25) is 0 Å². The molecule has 8 heteroatoms. The third-order valence-electron chi connectivity index (χ3n) is 2.51. The van der Waals surface area contributed by atoms with Crippen LogP contribution in [0.5, 0.6) is 0 Å². The molecule has 1 aliphatic heterocycles. The van der Waals surface area contributed by atoms with E-state index >= 15 is 0 Å². The monoisotopic (exact) mass is 236 g/mol. The van der Waals surface area contributed by atoms with Gasteiger partial charge in [-0.05, 0) is 0 Å². The first-order valence-electron chi connectivity index (χ1n) is 5.07. The van der Waals surface area contributed by atoms with Gasteiger partial charge in [0.25, 0.3) is 0 Å². The molecular weight excluding hydrogens is 224 g/mol. The first-order chi connectivity index (χ1) is 8.11. The molecule has 0 spiro atoms. The van der Waals surface area contributed by atoms with Gasteiger partial charge in [0.15, 0.2) is 5.82 Å². The molecule has 0 aromatic carbocycles.